The van der Waals surface area contributed by atoms with Crippen molar-refractivity contribution in [3.8, 4) is 11.5 Å². The number of ether oxygens (including phenoxy) is 2. The summed E-state index contributed by atoms with van der Waals surface area (Å²) in [7, 11) is 0. The van der Waals surface area contributed by atoms with E-state index in [4.69, 9.17) is 21.1 Å². The topological polar surface area (TPSA) is 120 Å². The first-order valence-electron chi connectivity index (χ1n) is 7.82. The highest BCUT2D eigenvalue weighted by Gasteiger charge is 2.41. The Kier molecular flexibility index (Phi) is 6.67. The van der Waals surface area contributed by atoms with Gasteiger partial charge in [-0.05, 0) is 30.7 Å². The van der Waals surface area contributed by atoms with Gasteiger partial charge >= 0.3 is 17.9 Å². The van der Waals surface area contributed by atoms with Crippen LogP contribution in [-0.2, 0) is 9.59 Å². The molecule has 10 heteroatoms. The molecule has 1 aliphatic rings. The van der Waals surface area contributed by atoms with E-state index >= 15 is 0 Å². The van der Waals surface area contributed by atoms with E-state index in [-0.39, 0.29) is 12.4 Å². The highest BCUT2D eigenvalue weighted by atomic mass is 35.5. The molecule has 1 aliphatic heterocycles. The van der Waals surface area contributed by atoms with Gasteiger partial charge < -0.3 is 14.8 Å². The molecular weight excluding hydrogens is 378 g/mol. The first-order chi connectivity index (χ1) is 12.9. The van der Waals surface area contributed by atoms with Crippen molar-refractivity contribution < 1.29 is 24.0 Å². The molecule has 1 aromatic carbocycles. The van der Waals surface area contributed by atoms with Crippen LogP contribution >= 0.6 is 11.6 Å². The standard InChI is InChI=1S/C17H16ClN3O6/c1-3-7-27-15-11(18)8-10(9-12(15)26-4-2)5-6-13-19-16(22)14(21(24)25)17(23)20-13/h3,5-6,8-9,14H,1,4,7H2,2H3,(H,19,20,22,23)/b6-5+. The maximum absolute atomic E-state index is 11.7. The smallest absolute Gasteiger partial charge is 0.368 e. The number of hydrogen-bond donors (Lipinski definition) is 1. The second-order valence-corrected chi connectivity index (χ2v) is 5.62. The number of amidine groups is 1. The van der Waals surface area contributed by atoms with Crippen molar-refractivity contribution in [2.45, 2.75) is 13.0 Å². The third kappa shape index (κ3) is 4.91. The molecule has 2 amide bonds. The van der Waals surface area contributed by atoms with E-state index in [0.717, 1.165) is 0 Å². The largest absolute Gasteiger partial charge is 0.490 e. The van der Waals surface area contributed by atoms with Crippen molar-refractivity contribution in [1.82, 2.24) is 5.32 Å². The first kappa shape index (κ1) is 20.1. The number of hydrogen-bond acceptors (Lipinski definition) is 6. The van der Waals surface area contributed by atoms with Crippen molar-refractivity contribution in [1.29, 1.82) is 0 Å². The summed E-state index contributed by atoms with van der Waals surface area (Å²) in [5.41, 5.74) is 0.579. The molecule has 1 heterocycles. The lowest BCUT2D eigenvalue weighted by molar-refractivity contribution is -0.493. The molecule has 1 aromatic rings. The van der Waals surface area contributed by atoms with Gasteiger partial charge in [-0.15, -0.1) is 0 Å². The summed E-state index contributed by atoms with van der Waals surface area (Å²) in [4.78, 5) is 36.5. The van der Waals surface area contributed by atoms with Crippen LogP contribution in [0.2, 0.25) is 5.02 Å². The molecule has 0 bridgehead atoms. The molecule has 2 rings (SSSR count). The molecule has 0 spiro atoms. The molecule has 1 unspecified atom stereocenters. The molecule has 0 aliphatic carbocycles. The summed E-state index contributed by atoms with van der Waals surface area (Å²) in [5, 5.41) is 13.2. The Hall–Kier alpha value is -3.20. The highest BCUT2D eigenvalue weighted by Crippen LogP contribution is 2.37. The van der Waals surface area contributed by atoms with Gasteiger partial charge in [-0.25, -0.2) is 0 Å². The lowest BCUT2D eigenvalue weighted by atomic mass is 10.1. The summed E-state index contributed by atoms with van der Waals surface area (Å²) >= 11 is 6.23. The third-order valence-corrected chi connectivity index (χ3v) is 3.57. The van der Waals surface area contributed by atoms with E-state index in [2.05, 4.69) is 16.9 Å². The van der Waals surface area contributed by atoms with Gasteiger partial charge in [0.15, 0.2) is 11.5 Å². The minimum Gasteiger partial charge on any atom is -0.490 e. The summed E-state index contributed by atoms with van der Waals surface area (Å²) in [6.07, 6.45) is 4.42. The number of carbonyl (C=O) groups excluding carboxylic acids is 2. The van der Waals surface area contributed by atoms with Gasteiger partial charge in [0.2, 0.25) is 0 Å². The summed E-state index contributed by atoms with van der Waals surface area (Å²) < 4.78 is 11.0. The van der Waals surface area contributed by atoms with E-state index in [0.29, 0.717) is 28.7 Å². The molecule has 1 N–H and O–H groups in total. The summed E-state index contributed by atoms with van der Waals surface area (Å²) in [5.74, 6) is -1.51. The van der Waals surface area contributed by atoms with Gasteiger partial charge in [-0.3, -0.25) is 19.7 Å². The van der Waals surface area contributed by atoms with Crippen LogP contribution in [0.4, 0.5) is 0 Å². The van der Waals surface area contributed by atoms with Gasteiger partial charge in [-0.1, -0.05) is 30.3 Å². The highest BCUT2D eigenvalue weighted by molar-refractivity contribution is 6.32. The number of nitrogens with one attached hydrogen (secondary N) is 1. The van der Waals surface area contributed by atoms with E-state index in [9.17, 15) is 19.7 Å². The summed E-state index contributed by atoms with van der Waals surface area (Å²) in [6, 6.07) is 1.21. The monoisotopic (exact) mass is 393 g/mol. The van der Waals surface area contributed by atoms with Crippen LogP contribution in [0.3, 0.4) is 0 Å². The normalized spacial score (nSPS) is 16.7. The zero-order valence-corrected chi connectivity index (χ0v) is 15.1. The number of nitro groups is 1. The molecule has 0 aromatic heterocycles. The molecular formula is C17H16ClN3O6. The van der Waals surface area contributed by atoms with Crippen molar-refractivity contribution in [2.75, 3.05) is 13.2 Å². The predicted octanol–water partition coefficient (Wildman–Crippen LogP) is 2.02. The molecule has 9 nitrogen and oxygen atoms in total. The predicted molar refractivity (Wildman–Crippen MR) is 98.7 cm³/mol. The quantitative estimate of drug-likeness (QED) is 0.312. The van der Waals surface area contributed by atoms with Crippen LogP contribution in [0.25, 0.3) is 6.08 Å². The number of halogens is 1. The Bertz CT molecular complexity index is 849. The van der Waals surface area contributed by atoms with E-state index in [1.165, 1.54) is 12.2 Å². The first-order valence-corrected chi connectivity index (χ1v) is 8.20. The second-order valence-electron chi connectivity index (χ2n) is 5.21. The zero-order chi connectivity index (χ0) is 20.0. The number of benzene rings is 1. The Balaban J connectivity index is 2.27. The van der Waals surface area contributed by atoms with Crippen molar-refractivity contribution in [3.63, 3.8) is 0 Å². The van der Waals surface area contributed by atoms with E-state index < -0.39 is 22.8 Å². The van der Waals surface area contributed by atoms with Crippen LogP contribution < -0.4 is 14.8 Å². The average molecular weight is 394 g/mol. The Morgan fingerprint density at radius 2 is 2.11 bits per heavy atom. The Labute approximate surface area is 159 Å². The number of amides is 2. The fourth-order valence-corrected chi connectivity index (χ4v) is 2.46. The molecule has 0 saturated carbocycles. The van der Waals surface area contributed by atoms with E-state index in [1.807, 2.05) is 0 Å². The minimum atomic E-state index is -2.03. The van der Waals surface area contributed by atoms with Crippen molar-refractivity contribution in [2.24, 2.45) is 4.99 Å². The van der Waals surface area contributed by atoms with Gasteiger partial charge in [0.05, 0.1) is 11.6 Å². The lowest BCUT2D eigenvalue weighted by Crippen LogP contribution is -2.50. The van der Waals surface area contributed by atoms with Gasteiger partial charge in [-0.2, -0.15) is 4.99 Å². The minimum absolute atomic E-state index is 0.107. The number of aliphatic imine (C=N–C) groups is 1. The molecule has 27 heavy (non-hydrogen) atoms. The van der Waals surface area contributed by atoms with Crippen molar-refractivity contribution >= 4 is 35.3 Å². The molecule has 0 fully saturated rings. The van der Waals surface area contributed by atoms with Crippen LogP contribution in [0.5, 0.6) is 11.5 Å². The molecule has 0 saturated heterocycles. The Morgan fingerprint density at radius 3 is 2.70 bits per heavy atom. The number of rotatable bonds is 8. The zero-order valence-electron chi connectivity index (χ0n) is 14.3. The van der Waals surface area contributed by atoms with Crippen molar-refractivity contribution in [3.05, 3.63) is 51.6 Å². The van der Waals surface area contributed by atoms with Crippen LogP contribution in [0.1, 0.15) is 12.5 Å². The lowest BCUT2D eigenvalue weighted by Gasteiger charge is -2.14. The van der Waals surface area contributed by atoms with Crippen LogP contribution in [0.15, 0.2) is 35.9 Å². The summed E-state index contributed by atoms with van der Waals surface area (Å²) in [6.45, 7) is 6.00. The third-order valence-electron chi connectivity index (χ3n) is 3.29. The fourth-order valence-electron chi connectivity index (χ4n) is 2.18. The fraction of sp³-hybridized carbons (Fsp3) is 0.235. The maximum atomic E-state index is 11.7. The molecule has 1 atom stereocenters. The Morgan fingerprint density at radius 1 is 1.37 bits per heavy atom. The van der Waals surface area contributed by atoms with Crippen LogP contribution in [-0.4, -0.2) is 41.8 Å². The van der Waals surface area contributed by atoms with Crippen LogP contribution in [0, 0.1) is 10.1 Å². The maximum Gasteiger partial charge on any atom is 0.368 e. The molecule has 0 radical (unpaired) electrons. The SMILES string of the molecule is C=CCOc1c(Cl)cc(/C=C/C2=NC(=O)C([N+](=O)[O-])C(=O)N2)cc1OCC. The van der Waals surface area contributed by atoms with Gasteiger partial charge in [0.25, 0.3) is 0 Å². The number of nitrogens with zero attached hydrogens (tertiary/aromatic N) is 2. The number of carbonyl (C=O) groups is 2. The van der Waals surface area contributed by atoms with E-state index in [1.54, 1.807) is 25.1 Å². The average Bonchev–Trinajstić information content (AvgIpc) is 2.58. The second kappa shape index (κ2) is 8.95. The van der Waals surface area contributed by atoms with Gasteiger partial charge in [0, 0.05) is 4.92 Å². The molecule has 142 valence electrons. The van der Waals surface area contributed by atoms with Gasteiger partial charge in [0.1, 0.15) is 12.4 Å².